The van der Waals surface area contributed by atoms with E-state index in [9.17, 15) is 0 Å². The summed E-state index contributed by atoms with van der Waals surface area (Å²) in [5.41, 5.74) is 6.98. The molecule has 0 fully saturated rings. The molecule has 0 aliphatic carbocycles. The fourth-order valence-corrected chi connectivity index (χ4v) is 2.05. The smallest absolute Gasteiger partial charge is 0.0909 e. The third-order valence-electron chi connectivity index (χ3n) is 2.91. The van der Waals surface area contributed by atoms with Crippen molar-refractivity contribution in [1.82, 2.24) is 0 Å². The minimum atomic E-state index is 1.27. The number of halogens is 1. The highest BCUT2D eigenvalue weighted by Crippen LogP contribution is 2.17. The van der Waals surface area contributed by atoms with E-state index in [0.717, 1.165) is 0 Å². The molecule has 1 aromatic rings. The molecule has 0 nitrogen and oxygen atoms in total. The van der Waals surface area contributed by atoms with Gasteiger partial charge in [-0.3, -0.25) is 0 Å². The summed E-state index contributed by atoms with van der Waals surface area (Å²) in [6.07, 6.45) is 0. The maximum atomic E-state index is 3.61. The van der Waals surface area contributed by atoms with Gasteiger partial charge in [0, 0.05) is 4.47 Å². The molecule has 0 atom stereocenters. The second kappa shape index (κ2) is 3.29. The summed E-state index contributed by atoms with van der Waals surface area (Å²) >= 11 is 3.61. The third-order valence-corrected chi connectivity index (χ3v) is 4.10. The molecule has 0 saturated heterocycles. The van der Waals surface area contributed by atoms with Crippen LogP contribution in [0.1, 0.15) is 16.7 Å². The predicted octanol–water partition coefficient (Wildman–Crippen LogP) is -0.109. The Hall–Kier alpha value is -0.170. The molecule has 0 bridgehead atoms. The van der Waals surface area contributed by atoms with Gasteiger partial charge in [-0.2, -0.15) is 0 Å². The molecule has 0 aliphatic rings. The largest absolute Gasteiger partial charge is 0.140 e. The molecule has 0 heterocycles. The van der Waals surface area contributed by atoms with E-state index in [1.54, 1.807) is 0 Å². The minimum absolute atomic E-state index is 1.27. The van der Waals surface area contributed by atoms with E-state index in [4.69, 9.17) is 0 Å². The Morgan fingerprint density at radius 2 is 1.33 bits per heavy atom. The molecular weight excluding hydrogens is 210 g/mol. The first-order valence-corrected chi connectivity index (χ1v) is 4.98. The Labute approximate surface area is 84.7 Å². The lowest BCUT2D eigenvalue weighted by Gasteiger charge is -2.14. The number of benzene rings is 1. The summed E-state index contributed by atoms with van der Waals surface area (Å²) in [6, 6.07) is 0. The molecule has 62 valence electrons. The van der Waals surface area contributed by atoms with Crippen molar-refractivity contribution in [2.24, 2.45) is 0 Å². The van der Waals surface area contributed by atoms with E-state index in [0.29, 0.717) is 0 Å². The summed E-state index contributed by atoms with van der Waals surface area (Å²) in [4.78, 5) is 0. The molecule has 0 saturated carbocycles. The van der Waals surface area contributed by atoms with E-state index in [2.05, 4.69) is 52.4 Å². The monoisotopic (exact) mass is 222 g/mol. The minimum Gasteiger partial charge on any atom is -0.0909 e. The molecular formula is C9H13B2Br. The number of rotatable bonds is 0. The lowest BCUT2D eigenvalue weighted by atomic mass is 9.75. The van der Waals surface area contributed by atoms with Crippen LogP contribution in [0.2, 0.25) is 0 Å². The Kier molecular flexibility index (Phi) is 2.72. The van der Waals surface area contributed by atoms with Crippen molar-refractivity contribution in [3.8, 4) is 0 Å². The van der Waals surface area contributed by atoms with Crippen LogP contribution in [0, 0.1) is 20.8 Å². The first-order valence-electron chi connectivity index (χ1n) is 4.19. The van der Waals surface area contributed by atoms with E-state index in [-0.39, 0.29) is 0 Å². The van der Waals surface area contributed by atoms with Gasteiger partial charge in [0.05, 0.1) is 0 Å². The van der Waals surface area contributed by atoms with Crippen molar-refractivity contribution in [2.45, 2.75) is 20.8 Å². The molecule has 0 aliphatic heterocycles. The van der Waals surface area contributed by atoms with Crippen LogP contribution in [-0.4, -0.2) is 15.7 Å². The standard InChI is InChI=1S/C9H13B2Br/c1-4-5(2)7(10)8(11)9(12)6(4)3/h10-11H2,1-3H3. The van der Waals surface area contributed by atoms with Crippen LogP contribution >= 0.6 is 15.9 Å². The van der Waals surface area contributed by atoms with Crippen LogP contribution in [0.15, 0.2) is 4.47 Å². The highest BCUT2D eigenvalue weighted by molar-refractivity contribution is 9.10. The zero-order chi connectivity index (χ0) is 9.46. The van der Waals surface area contributed by atoms with Crippen molar-refractivity contribution in [2.75, 3.05) is 0 Å². The fraction of sp³-hybridized carbons (Fsp3) is 0.333. The first-order chi connectivity index (χ1) is 5.46. The Morgan fingerprint density at radius 1 is 0.833 bits per heavy atom. The fourth-order valence-electron chi connectivity index (χ4n) is 1.45. The molecule has 0 radical (unpaired) electrons. The lowest BCUT2D eigenvalue weighted by molar-refractivity contribution is 1.28. The van der Waals surface area contributed by atoms with Gasteiger partial charge in [0.2, 0.25) is 0 Å². The van der Waals surface area contributed by atoms with Gasteiger partial charge in [-0.25, -0.2) is 0 Å². The molecule has 0 amide bonds. The van der Waals surface area contributed by atoms with E-state index >= 15 is 0 Å². The van der Waals surface area contributed by atoms with Crippen molar-refractivity contribution in [3.05, 3.63) is 21.2 Å². The van der Waals surface area contributed by atoms with Crippen molar-refractivity contribution in [3.63, 3.8) is 0 Å². The molecule has 0 N–H and O–H groups in total. The molecule has 1 aromatic carbocycles. The van der Waals surface area contributed by atoms with Gasteiger partial charge >= 0.3 is 0 Å². The molecule has 12 heavy (non-hydrogen) atoms. The highest BCUT2D eigenvalue weighted by Gasteiger charge is 2.08. The predicted molar refractivity (Wildman–Crippen MR) is 64.7 cm³/mol. The lowest BCUT2D eigenvalue weighted by Crippen LogP contribution is -2.31. The summed E-state index contributed by atoms with van der Waals surface area (Å²) in [5, 5.41) is 0. The van der Waals surface area contributed by atoms with Gasteiger partial charge in [0.15, 0.2) is 0 Å². The van der Waals surface area contributed by atoms with E-state index in [1.807, 2.05) is 0 Å². The summed E-state index contributed by atoms with van der Waals surface area (Å²) in [5.74, 6) is 0. The van der Waals surface area contributed by atoms with Gasteiger partial charge in [-0.05, 0) is 31.9 Å². The van der Waals surface area contributed by atoms with Gasteiger partial charge < -0.3 is 0 Å². The molecule has 0 spiro atoms. The zero-order valence-corrected chi connectivity index (χ0v) is 9.96. The second-order valence-corrected chi connectivity index (χ2v) is 4.23. The van der Waals surface area contributed by atoms with Crippen LogP contribution < -0.4 is 10.9 Å². The summed E-state index contributed by atoms with van der Waals surface area (Å²) < 4.78 is 1.27. The maximum Gasteiger partial charge on any atom is 0.140 e. The van der Waals surface area contributed by atoms with Crippen LogP contribution in [0.3, 0.4) is 0 Å². The summed E-state index contributed by atoms with van der Waals surface area (Å²) in [7, 11) is 4.35. The Bertz CT molecular complexity index is 227. The first kappa shape index (κ1) is 9.91. The van der Waals surface area contributed by atoms with Crippen molar-refractivity contribution < 1.29 is 0 Å². The molecule has 1 rings (SSSR count). The Morgan fingerprint density at radius 3 is 1.83 bits per heavy atom. The normalized spacial score (nSPS) is 10.3. The third kappa shape index (κ3) is 1.35. The SMILES string of the molecule is Bc1c(B)c(Br)c(C)c(C)c1C. The van der Waals surface area contributed by atoms with E-state index < -0.39 is 0 Å². The van der Waals surface area contributed by atoms with E-state index in [1.165, 1.54) is 32.1 Å². The average Bonchev–Trinajstić information content (AvgIpc) is 2.08. The van der Waals surface area contributed by atoms with Gasteiger partial charge in [-0.1, -0.05) is 32.4 Å². The second-order valence-electron chi connectivity index (χ2n) is 3.44. The van der Waals surface area contributed by atoms with Crippen molar-refractivity contribution in [1.29, 1.82) is 0 Å². The average molecular weight is 223 g/mol. The topological polar surface area (TPSA) is 0 Å². The summed E-state index contributed by atoms with van der Waals surface area (Å²) in [6.45, 7) is 6.54. The number of hydrogen-bond donors (Lipinski definition) is 0. The van der Waals surface area contributed by atoms with Crippen molar-refractivity contribution >= 4 is 42.5 Å². The Balaban J connectivity index is 3.60. The van der Waals surface area contributed by atoms with Gasteiger partial charge in [0.25, 0.3) is 0 Å². The molecule has 3 heteroatoms. The maximum absolute atomic E-state index is 3.61. The van der Waals surface area contributed by atoms with Crippen LogP contribution in [0.25, 0.3) is 0 Å². The van der Waals surface area contributed by atoms with Gasteiger partial charge in [0.1, 0.15) is 15.7 Å². The highest BCUT2D eigenvalue weighted by atomic mass is 79.9. The van der Waals surface area contributed by atoms with Gasteiger partial charge in [-0.15, -0.1) is 0 Å². The quantitative estimate of drug-likeness (QED) is 0.538. The van der Waals surface area contributed by atoms with Crippen LogP contribution in [0.5, 0.6) is 0 Å². The molecule has 0 unspecified atom stereocenters. The molecule has 0 aromatic heterocycles. The van der Waals surface area contributed by atoms with Crippen LogP contribution in [-0.2, 0) is 0 Å². The van der Waals surface area contributed by atoms with Crippen LogP contribution in [0.4, 0.5) is 0 Å². The zero-order valence-electron chi connectivity index (χ0n) is 8.38. The number of hydrogen-bond acceptors (Lipinski definition) is 0.